The Morgan fingerprint density at radius 1 is 1.64 bits per heavy atom. The fourth-order valence-electron chi connectivity index (χ4n) is 1.02. The molecule has 0 radical (unpaired) electrons. The lowest BCUT2D eigenvalue weighted by Crippen LogP contribution is -2.10. The molecule has 1 aromatic rings. The third-order valence-corrected chi connectivity index (χ3v) is 2.77. The maximum absolute atomic E-state index is 11.3. The molecule has 1 atom stereocenters. The van der Waals surface area contributed by atoms with E-state index in [1.807, 2.05) is 6.07 Å². The van der Waals surface area contributed by atoms with Gasteiger partial charge < -0.3 is 4.74 Å². The summed E-state index contributed by atoms with van der Waals surface area (Å²) in [4.78, 5) is 10.9. The Kier molecular flexibility index (Phi) is 4.42. The number of esters is 1. The highest BCUT2D eigenvalue weighted by Gasteiger charge is 2.17. The molecule has 0 aromatic heterocycles. The first-order valence-corrected chi connectivity index (χ1v) is 5.50. The largest absolute Gasteiger partial charge is 0.465 e. The molecule has 0 bridgehead atoms. The van der Waals surface area contributed by atoms with Crippen LogP contribution in [0.4, 0.5) is 0 Å². The minimum absolute atomic E-state index is 0.297. The smallest absolute Gasteiger partial charge is 0.324 e. The van der Waals surface area contributed by atoms with Gasteiger partial charge >= 0.3 is 5.97 Å². The number of carbonyl (C=O) groups is 1. The first kappa shape index (κ1) is 11.5. The molecule has 76 valence electrons. The first-order chi connectivity index (χ1) is 6.65. The highest BCUT2D eigenvalue weighted by Crippen LogP contribution is 2.26. The number of hydrogen-bond acceptors (Lipinski definition) is 2. The Bertz CT molecular complexity index is 328. The average Bonchev–Trinajstić information content (AvgIpc) is 2.17. The maximum Gasteiger partial charge on any atom is 0.324 e. The molecule has 0 heterocycles. The van der Waals surface area contributed by atoms with Gasteiger partial charge in [-0.15, -0.1) is 0 Å². The number of benzene rings is 1. The molecule has 0 N–H and O–H groups in total. The van der Waals surface area contributed by atoms with Crippen LogP contribution in [-0.4, -0.2) is 12.6 Å². The summed E-state index contributed by atoms with van der Waals surface area (Å²) in [6.45, 7) is 2.15. The second-order valence-corrected chi connectivity index (χ2v) is 4.02. The number of hydrogen-bond donors (Lipinski definition) is 0. The molecule has 14 heavy (non-hydrogen) atoms. The van der Waals surface area contributed by atoms with E-state index in [0.717, 1.165) is 5.56 Å². The van der Waals surface area contributed by atoms with Gasteiger partial charge in [-0.25, -0.2) is 0 Å². The van der Waals surface area contributed by atoms with Crippen molar-refractivity contribution in [1.82, 2.24) is 0 Å². The number of carbonyl (C=O) groups excluding carboxylic acids is 1. The molecule has 4 heteroatoms. The van der Waals surface area contributed by atoms with E-state index in [9.17, 15) is 4.79 Å². The molecular formula is C10H10BrClO2. The van der Waals surface area contributed by atoms with E-state index in [-0.39, 0.29) is 5.97 Å². The van der Waals surface area contributed by atoms with Gasteiger partial charge in [0.15, 0.2) is 0 Å². The minimum atomic E-state index is -0.443. The second kappa shape index (κ2) is 5.37. The van der Waals surface area contributed by atoms with Crippen molar-refractivity contribution in [3.63, 3.8) is 0 Å². The fourth-order valence-corrected chi connectivity index (χ4v) is 1.63. The lowest BCUT2D eigenvalue weighted by atomic mass is 10.1. The average molecular weight is 278 g/mol. The first-order valence-electron chi connectivity index (χ1n) is 4.21. The number of alkyl halides is 1. The lowest BCUT2D eigenvalue weighted by molar-refractivity contribution is -0.142. The zero-order valence-corrected chi connectivity index (χ0v) is 10.0. The van der Waals surface area contributed by atoms with Crippen LogP contribution in [0.15, 0.2) is 24.3 Å². The normalized spacial score (nSPS) is 12.2. The molecule has 0 saturated carbocycles. The molecule has 0 fully saturated rings. The van der Waals surface area contributed by atoms with E-state index in [2.05, 4.69) is 15.9 Å². The molecule has 1 aromatic carbocycles. The van der Waals surface area contributed by atoms with E-state index in [4.69, 9.17) is 16.3 Å². The summed E-state index contributed by atoms with van der Waals surface area (Å²) in [7, 11) is 0. The predicted molar refractivity (Wildman–Crippen MR) is 59.8 cm³/mol. The SMILES string of the molecule is CCOC(=O)C(Br)c1cccc(Cl)c1. The van der Waals surface area contributed by atoms with E-state index in [1.165, 1.54) is 0 Å². The molecule has 0 spiro atoms. The second-order valence-electron chi connectivity index (χ2n) is 2.67. The zero-order valence-electron chi connectivity index (χ0n) is 7.67. The van der Waals surface area contributed by atoms with Crippen molar-refractivity contribution in [1.29, 1.82) is 0 Å². The number of rotatable bonds is 3. The highest BCUT2D eigenvalue weighted by molar-refractivity contribution is 9.09. The van der Waals surface area contributed by atoms with Gasteiger partial charge in [-0.05, 0) is 24.6 Å². The summed E-state index contributed by atoms with van der Waals surface area (Å²) in [6, 6.07) is 7.11. The van der Waals surface area contributed by atoms with E-state index in [0.29, 0.717) is 11.6 Å². The Labute approximate surface area is 96.3 Å². The van der Waals surface area contributed by atoms with Gasteiger partial charge in [0.25, 0.3) is 0 Å². The molecule has 0 aliphatic heterocycles. The van der Waals surface area contributed by atoms with E-state index >= 15 is 0 Å². The van der Waals surface area contributed by atoms with Crippen molar-refractivity contribution in [2.24, 2.45) is 0 Å². The van der Waals surface area contributed by atoms with Crippen molar-refractivity contribution in [2.45, 2.75) is 11.8 Å². The summed E-state index contributed by atoms with van der Waals surface area (Å²) in [5, 5.41) is 0.608. The van der Waals surface area contributed by atoms with Crippen LogP contribution >= 0.6 is 27.5 Å². The molecular weight excluding hydrogens is 267 g/mol. The standard InChI is InChI=1S/C10H10BrClO2/c1-2-14-10(13)9(11)7-4-3-5-8(12)6-7/h3-6,9H,2H2,1H3. The summed E-state index contributed by atoms with van der Waals surface area (Å²) in [5.74, 6) is -0.297. The summed E-state index contributed by atoms with van der Waals surface area (Å²) in [5.41, 5.74) is 0.802. The van der Waals surface area contributed by atoms with Crippen molar-refractivity contribution in [3.05, 3.63) is 34.9 Å². The van der Waals surface area contributed by atoms with Crippen LogP contribution in [0.25, 0.3) is 0 Å². The zero-order chi connectivity index (χ0) is 10.6. The van der Waals surface area contributed by atoms with Gasteiger partial charge in [0.2, 0.25) is 0 Å². The maximum atomic E-state index is 11.3. The third kappa shape index (κ3) is 3.00. The quantitative estimate of drug-likeness (QED) is 0.626. The third-order valence-electron chi connectivity index (χ3n) is 1.63. The topological polar surface area (TPSA) is 26.3 Å². The van der Waals surface area contributed by atoms with Crippen LogP contribution in [0.3, 0.4) is 0 Å². The molecule has 0 amide bonds. The van der Waals surface area contributed by atoms with Crippen molar-refractivity contribution < 1.29 is 9.53 Å². The number of ether oxygens (including phenoxy) is 1. The predicted octanol–water partition coefficient (Wildman–Crippen LogP) is 3.34. The fraction of sp³-hybridized carbons (Fsp3) is 0.300. The van der Waals surface area contributed by atoms with Crippen molar-refractivity contribution in [3.8, 4) is 0 Å². The summed E-state index contributed by atoms with van der Waals surface area (Å²) in [6.07, 6.45) is 0. The molecule has 1 rings (SSSR count). The molecule has 0 aliphatic rings. The van der Waals surface area contributed by atoms with Crippen LogP contribution in [0, 0.1) is 0 Å². The van der Waals surface area contributed by atoms with Crippen molar-refractivity contribution >= 4 is 33.5 Å². The Morgan fingerprint density at radius 2 is 2.36 bits per heavy atom. The minimum Gasteiger partial charge on any atom is -0.465 e. The Morgan fingerprint density at radius 3 is 2.93 bits per heavy atom. The van der Waals surface area contributed by atoms with Crippen LogP contribution in [-0.2, 0) is 9.53 Å². The molecule has 1 unspecified atom stereocenters. The van der Waals surface area contributed by atoms with Crippen LogP contribution in [0.1, 0.15) is 17.3 Å². The van der Waals surface area contributed by atoms with Crippen molar-refractivity contribution in [2.75, 3.05) is 6.61 Å². The molecule has 2 nitrogen and oxygen atoms in total. The van der Waals surface area contributed by atoms with Gasteiger partial charge in [-0.2, -0.15) is 0 Å². The van der Waals surface area contributed by atoms with Gasteiger partial charge in [-0.1, -0.05) is 39.7 Å². The van der Waals surface area contributed by atoms with Crippen LogP contribution in [0.5, 0.6) is 0 Å². The summed E-state index contributed by atoms with van der Waals surface area (Å²) >= 11 is 9.05. The van der Waals surface area contributed by atoms with Crippen LogP contribution < -0.4 is 0 Å². The van der Waals surface area contributed by atoms with Gasteiger partial charge in [0.05, 0.1) is 6.61 Å². The lowest BCUT2D eigenvalue weighted by Gasteiger charge is -2.09. The van der Waals surface area contributed by atoms with E-state index in [1.54, 1.807) is 25.1 Å². The van der Waals surface area contributed by atoms with E-state index < -0.39 is 4.83 Å². The molecule has 0 saturated heterocycles. The Hall–Kier alpha value is -0.540. The summed E-state index contributed by atoms with van der Waals surface area (Å²) < 4.78 is 4.87. The van der Waals surface area contributed by atoms with Crippen LogP contribution in [0.2, 0.25) is 5.02 Å². The van der Waals surface area contributed by atoms with Gasteiger partial charge in [-0.3, -0.25) is 4.79 Å². The Balaban J connectivity index is 2.78. The molecule has 0 aliphatic carbocycles. The van der Waals surface area contributed by atoms with Gasteiger partial charge in [0.1, 0.15) is 4.83 Å². The number of halogens is 2. The highest BCUT2D eigenvalue weighted by atomic mass is 79.9. The van der Waals surface area contributed by atoms with Gasteiger partial charge in [0, 0.05) is 5.02 Å². The monoisotopic (exact) mass is 276 g/mol.